The number of aldehydes is 1. The van der Waals surface area contributed by atoms with Crippen molar-refractivity contribution in [3.8, 4) is 0 Å². The van der Waals surface area contributed by atoms with Crippen molar-refractivity contribution in [3.63, 3.8) is 0 Å². The van der Waals surface area contributed by atoms with Crippen LogP contribution in [0.25, 0.3) is 0 Å². The Labute approximate surface area is 241 Å². The Morgan fingerprint density at radius 3 is 1.67 bits per heavy atom. The molecule has 2 atom stereocenters. The van der Waals surface area contributed by atoms with E-state index in [1.54, 1.807) is 0 Å². The van der Waals surface area contributed by atoms with Crippen LogP contribution >= 0.6 is 0 Å². The van der Waals surface area contributed by atoms with E-state index in [1.807, 2.05) is 0 Å². The van der Waals surface area contributed by atoms with Crippen LogP contribution in [0.1, 0.15) is 25.7 Å². The summed E-state index contributed by atoms with van der Waals surface area (Å²) >= 11 is 0. The largest absolute Gasteiger partial charge is 0.468 e. The highest BCUT2D eigenvalue weighted by molar-refractivity contribution is 7.89. The lowest BCUT2D eigenvalue weighted by molar-refractivity contribution is -0.153. The number of hydrogen-bond donors (Lipinski definition) is 1. The number of hydrogen-bond acceptors (Lipinski definition) is 10. The summed E-state index contributed by atoms with van der Waals surface area (Å²) in [5.74, 6) is -2.85. The third kappa shape index (κ3) is 5.94. The van der Waals surface area contributed by atoms with Gasteiger partial charge in [-0.1, -0.05) is 0 Å². The van der Waals surface area contributed by atoms with Crippen molar-refractivity contribution in [2.75, 3.05) is 33.9 Å². The summed E-state index contributed by atoms with van der Waals surface area (Å²) < 4.78 is 87.2. The number of halogens is 2. The normalized spacial score (nSPS) is 23.1. The van der Waals surface area contributed by atoms with Crippen molar-refractivity contribution in [1.29, 1.82) is 0 Å². The third-order valence-electron chi connectivity index (χ3n) is 7.16. The molecule has 0 unspecified atom stereocenters. The molecular formula is C26H30F2N2O10S2. The first-order valence-electron chi connectivity index (χ1n) is 12.6. The maximum atomic E-state index is 12.9. The number of aliphatic hydroxyl groups is 1. The Bertz CT molecular complexity index is 1520. The van der Waals surface area contributed by atoms with Gasteiger partial charge in [0.1, 0.15) is 11.6 Å². The second-order valence-corrected chi connectivity index (χ2v) is 13.2. The van der Waals surface area contributed by atoms with E-state index in [0.29, 0.717) is 19.1 Å². The molecule has 0 aliphatic carbocycles. The summed E-state index contributed by atoms with van der Waals surface area (Å²) in [7, 11) is -5.89. The molecule has 4 rings (SSSR count). The molecule has 2 aromatic rings. The molecule has 2 saturated heterocycles. The zero-order valence-corrected chi connectivity index (χ0v) is 24.4. The lowest BCUT2D eigenvalue weighted by Gasteiger charge is -2.33. The van der Waals surface area contributed by atoms with Crippen molar-refractivity contribution in [2.45, 2.75) is 46.6 Å². The van der Waals surface area contributed by atoms with Crippen molar-refractivity contribution in [3.05, 3.63) is 60.2 Å². The maximum absolute atomic E-state index is 12.9. The molecule has 2 aromatic carbocycles. The SMILES string of the molecule is COC(=O)[C@]1(C=O)CCCN1S(=O)(=O)c1ccc(F)cc1.COC(=O)[C@]1(CO)CCCN1S(=O)(=O)c1ccc(F)cc1. The Morgan fingerprint density at radius 2 is 1.24 bits per heavy atom. The second-order valence-electron chi connectivity index (χ2n) is 9.48. The van der Waals surface area contributed by atoms with Gasteiger partial charge < -0.3 is 19.4 Å². The van der Waals surface area contributed by atoms with E-state index in [1.165, 1.54) is 0 Å². The molecule has 42 heavy (non-hydrogen) atoms. The van der Waals surface area contributed by atoms with Crippen LogP contribution in [0.4, 0.5) is 8.78 Å². The minimum Gasteiger partial charge on any atom is -0.468 e. The zero-order chi connectivity index (χ0) is 31.3. The molecule has 2 heterocycles. The smallest absolute Gasteiger partial charge is 0.334 e. The van der Waals surface area contributed by atoms with Gasteiger partial charge in [-0.2, -0.15) is 8.61 Å². The van der Waals surface area contributed by atoms with Crippen LogP contribution in [-0.2, 0) is 43.9 Å². The fraction of sp³-hybridized carbons (Fsp3) is 0.423. The van der Waals surface area contributed by atoms with Crippen molar-refractivity contribution in [1.82, 2.24) is 8.61 Å². The minimum absolute atomic E-state index is 0.0214. The number of aliphatic hydroxyl groups excluding tert-OH is 1. The van der Waals surface area contributed by atoms with Crippen LogP contribution in [0.5, 0.6) is 0 Å². The Hall–Kier alpha value is -3.31. The molecule has 230 valence electrons. The predicted octanol–water partition coefficient (Wildman–Crippen LogP) is 1.24. The van der Waals surface area contributed by atoms with Crippen LogP contribution in [0.2, 0.25) is 0 Å². The average Bonchev–Trinajstić information content (AvgIpc) is 3.64. The molecule has 0 aromatic heterocycles. The molecule has 12 nitrogen and oxygen atoms in total. The molecule has 2 aliphatic heterocycles. The fourth-order valence-corrected chi connectivity index (χ4v) is 8.51. The number of ether oxygens (including phenoxy) is 2. The molecule has 0 saturated carbocycles. The van der Waals surface area contributed by atoms with Crippen LogP contribution in [0.3, 0.4) is 0 Å². The van der Waals surface area contributed by atoms with Gasteiger partial charge >= 0.3 is 11.9 Å². The summed E-state index contributed by atoms with van der Waals surface area (Å²) in [6.07, 6.45) is 1.32. The summed E-state index contributed by atoms with van der Waals surface area (Å²) in [4.78, 5) is 34.9. The van der Waals surface area contributed by atoms with E-state index in [2.05, 4.69) is 9.47 Å². The lowest BCUT2D eigenvalue weighted by Crippen LogP contribution is -2.56. The van der Waals surface area contributed by atoms with Gasteiger partial charge in [-0.05, 0) is 74.2 Å². The Balaban J connectivity index is 0.000000230. The molecular weight excluding hydrogens is 602 g/mol. The second kappa shape index (κ2) is 12.9. The average molecular weight is 633 g/mol. The number of benzene rings is 2. The van der Waals surface area contributed by atoms with Gasteiger partial charge in [0, 0.05) is 13.1 Å². The fourth-order valence-electron chi connectivity index (χ4n) is 4.99. The van der Waals surface area contributed by atoms with Crippen LogP contribution in [0, 0.1) is 11.6 Å². The molecule has 0 amide bonds. The molecule has 1 N–H and O–H groups in total. The highest BCUT2D eigenvalue weighted by Gasteiger charge is 2.55. The zero-order valence-electron chi connectivity index (χ0n) is 22.7. The molecule has 16 heteroatoms. The predicted molar refractivity (Wildman–Crippen MR) is 142 cm³/mol. The van der Waals surface area contributed by atoms with Crippen LogP contribution in [-0.4, -0.2) is 93.8 Å². The van der Waals surface area contributed by atoms with Gasteiger partial charge in [0.25, 0.3) is 0 Å². The van der Waals surface area contributed by atoms with Gasteiger partial charge in [0.05, 0.1) is 30.6 Å². The molecule has 2 fully saturated rings. The minimum atomic E-state index is -4.10. The van der Waals surface area contributed by atoms with Crippen LogP contribution in [0.15, 0.2) is 58.3 Å². The van der Waals surface area contributed by atoms with E-state index < -0.39 is 61.3 Å². The topological polar surface area (TPSA) is 165 Å². The Kier molecular flexibility index (Phi) is 10.2. The van der Waals surface area contributed by atoms with Gasteiger partial charge in [-0.3, -0.25) is 0 Å². The number of nitrogens with zero attached hydrogens (tertiary/aromatic N) is 2. The highest BCUT2D eigenvalue weighted by atomic mass is 32.2. The lowest BCUT2D eigenvalue weighted by atomic mass is 9.99. The van der Waals surface area contributed by atoms with Gasteiger partial charge in [0.2, 0.25) is 20.0 Å². The number of rotatable bonds is 8. The molecule has 0 spiro atoms. The van der Waals surface area contributed by atoms with E-state index >= 15 is 0 Å². The molecule has 0 bridgehead atoms. The van der Waals surface area contributed by atoms with Crippen LogP contribution < -0.4 is 0 Å². The number of esters is 2. The molecule has 2 aliphatic rings. The first-order valence-corrected chi connectivity index (χ1v) is 15.5. The van der Waals surface area contributed by atoms with Crippen molar-refractivity contribution >= 4 is 38.3 Å². The van der Waals surface area contributed by atoms with E-state index in [9.17, 15) is 45.1 Å². The first kappa shape index (κ1) is 33.2. The van der Waals surface area contributed by atoms with E-state index in [4.69, 9.17) is 0 Å². The summed E-state index contributed by atoms with van der Waals surface area (Å²) in [6, 6.07) is 8.51. The van der Waals surface area contributed by atoms with Gasteiger partial charge in [-0.15, -0.1) is 0 Å². The maximum Gasteiger partial charge on any atom is 0.334 e. The highest BCUT2D eigenvalue weighted by Crippen LogP contribution is 2.36. The number of sulfonamides is 2. The summed E-state index contributed by atoms with van der Waals surface area (Å²) in [5, 5.41) is 9.58. The molecule has 0 radical (unpaired) electrons. The van der Waals surface area contributed by atoms with E-state index in [0.717, 1.165) is 71.4 Å². The van der Waals surface area contributed by atoms with Gasteiger partial charge in [-0.25, -0.2) is 35.2 Å². The summed E-state index contributed by atoms with van der Waals surface area (Å²) in [6.45, 7) is -0.553. The number of methoxy groups -OCH3 is 2. The third-order valence-corrected chi connectivity index (χ3v) is 11.1. The standard InChI is InChI=1S/C13H16FNO5S.C13H14FNO5S/c2*1-20-12(17)13(9-16)7-2-8-15(13)21(18,19)11-5-3-10(14)4-6-11/h3-6,16H,2,7-9H2,1H3;3-6,9H,2,7-8H2,1H3/t2*13-/m11/s1. The number of carbonyl (C=O) groups is 3. The Morgan fingerprint density at radius 1 is 0.810 bits per heavy atom. The monoisotopic (exact) mass is 632 g/mol. The summed E-state index contributed by atoms with van der Waals surface area (Å²) in [5.41, 5.74) is -3.45. The van der Waals surface area contributed by atoms with Crippen molar-refractivity contribution < 1.29 is 54.6 Å². The quantitative estimate of drug-likeness (QED) is 0.254. The van der Waals surface area contributed by atoms with Crippen molar-refractivity contribution in [2.24, 2.45) is 0 Å². The number of carbonyl (C=O) groups excluding carboxylic acids is 3. The van der Waals surface area contributed by atoms with E-state index in [-0.39, 0.29) is 35.7 Å². The first-order chi connectivity index (χ1) is 19.8. The van der Waals surface area contributed by atoms with Gasteiger partial charge in [0.15, 0.2) is 17.4 Å².